The number of anilines is 2. The summed E-state index contributed by atoms with van der Waals surface area (Å²) in [7, 11) is 0. The average Bonchev–Trinajstić information content (AvgIpc) is 3.12. The molecule has 0 unspecified atom stereocenters. The number of nitro groups is 1. The van der Waals surface area contributed by atoms with Crippen LogP contribution in [0.5, 0.6) is 0 Å². The van der Waals surface area contributed by atoms with Crippen molar-refractivity contribution in [1.29, 1.82) is 5.26 Å². The number of fused-ring (bicyclic) bond motifs is 1. The Morgan fingerprint density at radius 2 is 2.04 bits per heavy atom. The van der Waals surface area contributed by atoms with Crippen molar-refractivity contribution in [3.63, 3.8) is 0 Å². The van der Waals surface area contributed by atoms with Crippen molar-refractivity contribution in [3.8, 4) is 6.07 Å². The van der Waals surface area contributed by atoms with E-state index in [1.54, 1.807) is 17.0 Å². The Bertz CT molecular complexity index is 982. The minimum absolute atomic E-state index is 0.0724. The number of nitrogens with zero attached hydrogens (tertiary/aromatic N) is 4. The molecule has 0 aliphatic carbocycles. The summed E-state index contributed by atoms with van der Waals surface area (Å²) in [4.78, 5) is 26.5. The Hall–Kier alpha value is -3.60. The lowest BCUT2D eigenvalue weighted by Crippen LogP contribution is -2.33. The first-order chi connectivity index (χ1) is 13.1. The largest absolute Gasteiger partial charge is 0.447 e. The number of hydrogen-bond acceptors (Lipinski definition) is 6. The second-order valence-electron chi connectivity index (χ2n) is 6.42. The van der Waals surface area contributed by atoms with Gasteiger partial charge in [0.25, 0.3) is 5.69 Å². The molecule has 0 saturated carbocycles. The molecule has 0 atom stereocenters. The zero-order valence-corrected chi connectivity index (χ0v) is 14.4. The van der Waals surface area contributed by atoms with Crippen molar-refractivity contribution < 1.29 is 14.5 Å². The van der Waals surface area contributed by atoms with Gasteiger partial charge in [0.05, 0.1) is 28.8 Å². The van der Waals surface area contributed by atoms with Crippen molar-refractivity contribution in [1.82, 2.24) is 0 Å². The van der Waals surface area contributed by atoms with Gasteiger partial charge < -0.3 is 9.64 Å². The summed E-state index contributed by atoms with van der Waals surface area (Å²) in [5, 5.41) is 20.5. The van der Waals surface area contributed by atoms with Crippen LogP contribution in [-0.2, 0) is 17.7 Å². The van der Waals surface area contributed by atoms with E-state index in [9.17, 15) is 14.9 Å². The number of carbonyl (C=O) groups excluding carboxylic acids is 1. The summed E-state index contributed by atoms with van der Waals surface area (Å²) in [5.41, 5.74) is 3.63. The smallest absolute Gasteiger partial charge is 0.414 e. The molecule has 2 aliphatic heterocycles. The number of rotatable bonds is 3. The predicted molar refractivity (Wildman–Crippen MR) is 97.7 cm³/mol. The summed E-state index contributed by atoms with van der Waals surface area (Å²) in [6, 6.07) is 12.2. The lowest BCUT2D eigenvalue weighted by molar-refractivity contribution is -0.384. The van der Waals surface area contributed by atoms with Gasteiger partial charge in [0.15, 0.2) is 0 Å². The van der Waals surface area contributed by atoms with E-state index >= 15 is 0 Å². The van der Waals surface area contributed by atoms with Gasteiger partial charge in [-0.15, -0.1) is 0 Å². The first kappa shape index (κ1) is 16.8. The van der Waals surface area contributed by atoms with Crippen LogP contribution in [-0.4, -0.2) is 30.7 Å². The number of carbonyl (C=O) groups is 1. The van der Waals surface area contributed by atoms with Crippen LogP contribution in [0.1, 0.15) is 16.7 Å². The van der Waals surface area contributed by atoms with Crippen LogP contribution >= 0.6 is 0 Å². The van der Waals surface area contributed by atoms with Crippen molar-refractivity contribution in [2.24, 2.45) is 0 Å². The van der Waals surface area contributed by atoms with Gasteiger partial charge in [0.1, 0.15) is 12.3 Å². The van der Waals surface area contributed by atoms with Crippen LogP contribution in [0.4, 0.5) is 21.9 Å². The number of cyclic esters (lactones) is 1. The molecule has 0 N–H and O–H groups in total. The predicted octanol–water partition coefficient (Wildman–Crippen LogP) is 2.99. The van der Waals surface area contributed by atoms with Crippen LogP contribution in [0.15, 0.2) is 36.4 Å². The fraction of sp³-hybridized carbons (Fsp3) is 0.263. The lowest BCUT2D eigenvalue weighted by atomic mass is 9.96. The highest BCUT2D eigenvalue weighted by Crippen LogP contribution is 2.36. The molecule has 0 bridgehead atoms. The normalized spacial score (nSPS) is 15.9. The van der Waals surface area contributed by atoms with Crippen LogP contribution < -0.4 is 9.80 Å². The third kappa shape index (κ3) is 2.93. The number of nitro benzene ring substituents is 1. The number of amides is 1. The highest BCUT2D eigenvalue weighted by Gasteiger charge is 2.30. The van der Waals surface area contributed by atoms with E-state index in [0.717, 1.165) is 16.8 Å². The van der Waals surface area contributed by atoms with Gasteiger partial charge in [-0.25, -0.2) is 4.79 Å². The molecular formula is C19H16N4O4. The monoisotopic (exact) mass is 364 g/mol. The SMILES string of the molecule is N#Cc1ccc(N2CCc3c(cccc3N3CCOC3=O)C2)c([N+](=O)[O-])c1. The Labute approximate surface area is 155 Å². The first-order valence-corrected chi connectivity index (χ1v) is 8.57. The summed E-state index contributed by atoms with van der Waals surface area (Å²) in [6.07, 6.45) is 0.320. The van der Waals surface area contributed by atoms with Gasteiger partial charge in [0.2, 0.25) is 0 Å². The number of ether oxygens (including phenoxy) is 1. The zero-order valence-electron chi connectivity index (χ0n) is 14.4. The molecule has 0 radical (unpaired) electrons. The Morgan fingerprint density at radius 1 is 1.19 bits per heavy atom. The van der Waals surface area contributed by atoms with Gasteiger partial charge in [-0.1, -0.05) is 12.1 Å². The first-order valence-electron chi connectivity index (χ1n) is 8.57. The fourth-order valence-corrected chi connectivity index (χ4v) is 3.67. The molecule has 4 rings (SSSR count). The van der Waals surface area contributed by atoms with Crippen LogP contribution in [0.25, 0.3) is 0 Å². The Balaban J connectivity index is 1.68. The molecule has 1 amide bonds. The summed E-state index contributed by atoms with van der Waals surface area (Å²) < 4.78 is 5.04. The van der Waals surface area contributed by atoms with Gasteiger partial charge in [-0.2, -0.15) is 5.26 Å². The van der Waals surface area contributed by atoms with Gasteiger partial charge in [0, 0.05) is 19.2 Å². The maximum absolute atomic E-state index is 11.9. The van der Waals surface area contributed by atoms with Gasteiger partial charge >= 0.3 is 6.09 Å². The third-order valence-corrected chi connectivity index (χ3v) is 4.93. The molecule has 2 heterocycles. The molecule has 1 fully saturated rings. The van der Waals surface area contributed by atoms with Crippen LogP contribution in [0, 0.1) is 21.4 Å². The Morgan fingerprint density at radius 3 is 2.74 bits per heavy atom. The van der Waals surface area contributed by atoms with Crippen molar-refractivity contribution in [2.45, 2.75) is 13.0 Å². The van der Waals surface area contributed by atoms with E-state index in [1.807, 2.05) is 29.2 Å². The molecule has 136 valence electrons. The maximum atomic E-state index is 11.9. The fourth-order valence-electron chi connectivity index (χ4n) is 3.67. The van der Waals surface area contributed by atoms with E-state index in [2.05, 4.69) is 0 Å². The lowest BCUT2D eigenvalue weighted by Gasteiger charge is -2.32. The molecule has 1 saturated heterocycles. The topological polar surface area (TPSA) is 99.7 Å². The number of benzene rings is 2. The molecule has 2 aromatic carbocycles. The van der Waals surface area contributed by atoms with Gasteiger partial charge in [-0.05, 0) is 35.7 Å². The zero-order chi connectivity index (χ0) is 19.0. The van der Waals surface area contributed by atoms with Crippen molar-refractivity contribution >= 4 is 23.2 Å². The van der Waals surface area contributed by atoms with E-state index in [1.165, 1.54) is 6.07 Å². The minimum atomic E-state index is -0.456. The minimum Gasteiger partial charge on any atom is -0.447 e. The second-order valence-corrected chi connectivity index (χ2v) is 6.42. The molecular weight excluding hydrogens is 348 g/mol. The molecule has 8 nitrogen and oxygen atoms in total. The molecule has 8 heteroatoms. The third-order valence-electron chi connectivity index (χ3n) is 4.93. The number of hydrogen-bond donors (Lipinski definition) is 0. The summed E-state index contributed by atoms with van der Waals surface area (Å²) in [6.45, 7) is 1.99. The highest BCUT2D eigenvalue weighted by atomic mass is 16.6. The van der Waals surface area contributed by atoms with E-state index in [4.69, 9.17) is 10.00 Å². The second kappa shape index (κ2) is 6.61. The quantitative estimate of drug-likeness (QED) is 0.613. The molecule has 0 aromatic heterocycles. The highest BCUT2D eigenvalue weighted by molar-refractivity contribution is 5.90. The van der Waals surface area contributed by atoms with Crippen LogP contribution in [0.3, 0.4) is 0 Å². The average molecular weight is 364 g/mol. The molecule has 2 aromatic rings. The van der Waals surface area contributed by atoms with Gasteiger partial charge in [-0.3, -0.25) is 15.0 Å². The number of nitriles is 1. The van der Waals surface area contributed by atoms with Crippen molar-refractivity contribution in [2.75, 3.05) is 29.5 Å². The molecule has 2 aliphatic rings. The molecule has 27 heavy (non-hydrogen) atoms. The van der Waals surface area contributed by atoms with Crippen molar-refractivity contribution in [3.05, 3.63) is 63.2 Å². The molecule has 0 spiro atoms. The summed E-state index contributed by atoms with van der Waals surface area (Å²) in [5.74, 6) is 0. The Kier molecular flexibility index (Phi) is 4.12. The van der Waals surface area contributed by atoms with E-state index < -0.39 is 4.92 Å². The maximum Gasteiger partial charge on any atom is 0.414 e. The van der Waals surface area contributed by atoms with E-state index in [-0.39, 0.29) is 17.3 Å². The summed E-state index contributed by atoms with van der Waals surface area (Å²) >= 11 is 0. The van der Waals surface area contributed by atoms with Crippen LogP contribution in [0.2, 0.25) is 0 Å². The van der Waals surface area contributed by atoms with E-state index in [0.29, 0.717) is 38.3 Å². The standard InChI is InChI=1S/C19H16N4O4/c20-11-13-4-5-17(18(10-13)23(25)26)21-7-6-15-14(12-21)2-1-3-16(15)22-8-9-27-19(22)24/h1-5,10H,6-9,12H2.